The molecule has 1 fully saturated rings. The van der Waals surface area contributed by atoms with E-state index in [2.05, 4.69) is 35.9 Å². The molecule has 1 aliphatic heterocycles. The highest BCUT2D eigenvalue weighted by Gasteiger charge is 2.16. The first-order chi connectivity index (χ1) is 7.24. The molecule has 0 aromatic rings. The number of unbranched alkanes of at least 4 members (excludes halogenated alkanes) is 3. The minimum atomic E-state index is 0. The van der Waals surface area contributed by atoms with Crippen molar-refractivity contribution in [2.75, 3.05) is 46.8 Å². The monoisotopic (exact) mass is 229 g/mol. The Bertz CT molecular complexity index is 151. The van der Waals surface area contributed by atoms with Crippen molar-refractivity contribution >= 4 is 0 Å². The molecule has 0 amide bonds. The molecule has 0 saturated carbocycles. The summed E-state index contributed by atoms with van der Waals surface area (Å²) in [6, 6.07) is 0. The zero-order valence-corrected chi connectivity index (χ0v) is 10.7. The molecule has 3 nitrogen and oxygen atoms in total. The highest BCUT2D eigenvalue weighted by atomic mass is 15.6. The summed E-state index contributed by atoms with van der Waals surface area (Å²) in [7, 11) is 4.27. The second-order valence-corrected chi connectivity index (χ2v) is 4.70. The van der Waals surface area contributed by atoms with Crippen molar-refractivity contribution in [1.29, 1.82) is 0 Å². The Kier molecular flexibility index (Phi) is 8.90. The third-order valence-corrected chi connectivity index (χ3v) is 3.24. The summed E-state index contributed by atoms with van der Waals surface area (Å²) >= 11 is 0. The van der Waals surface area contributed by atoms with Crippen molar-refractivity contribution in [3.63, 3.8) is 0 Å². The van der Waals surface area contributed by atoms with Crippen LogP contribution in [0.15, 0.2) is 0 Å². The van der Waals surface area contributed by atoms with Crippen LogP contribution in [-0.4, -0.2) is 61.7 Å². The van der Waals surface area contributed by atoms with Crippen molar-refractivity contribution in [2.45, 2.75) is 40.0 Å². The van der Waals surface area contributed by atoms with Crippen LogP contribution in [0, 0.1) is 0 Å². The first-order valence-electron chi connectivity index (χ1n) is 6.38. The normalized spacial score (nSPS) is 18.8. The molecule has 1 aliphatic rings. The predicted molar refractivity (Wildman–Crippen MR) is 72.6 cm³/mol. The molecule has 0 spiro atoms. The number of hydrazine groups is 1. The van der Waals surface area contributed by atoms with Crippen LogP contribution in [-0.2, 0) is 0 Å². The van der Waals surface area contributed by atoms with E-state index in [1.54, 1.807) is 0 Å². The van der Waals surface area contributed by atoms with Crippen LogP contribution in [0.5, 0.6) is 0 Å². The second-order valence-electron chi connectivity index (χ2n) is 4.70. The molecule has 0 aromatic carbocycles. The van der Waals surface area contributed by atoms with Crippen LogP contribution in [0.3, 0.4) is 0 Å². The van der Waals surface area contributed by atoms with E-state index in [1.807, 2.05) is 0 Å². The fourth-order valence-corrected chi connectivity index (χ4v) is 2.12. The van der Waals surface area contributed by atoms with Gasteiger partial charge in [0.2, 0.25) is 0 Å². The van der Waals surface area contributed by atoms with E-state index in [4.69, 9.17) is 0 Å². The number of piperazine rings is 1. The standard InChI is InChI=1S/C12H27N3.CH4/c1-4-5-6-7-8-14-9-11-15(12-10-14)13(2)3;/h4-12H2,1-3H3;1H4. The van der Waals surface area contributed by atoms with Crippen LogP contribution in [0.25, 0.3) is 0 Å². The Labute approximate surface area is 102 Å². The second kappa shape index (κ2) is 8.97. The van der Waals surface area contributed by atoms with Gasteiger partial charge in [-0.25, -0.2) is 10.0 Å². The molecule has 0 atom stereocenters. The van der Waals surface area contributed by atoms with Crippen LogP contribution < -0.4 is 0 Å². The van der Waals surface area contributed by atoms with Crippen molar-refractivity contribution in [3.8, 4) is 0 Å². The van der Waals surface area contributed by atoms with Gasteiger partial charge in [-0.05, 0) is 13.0 Å². The van der Waals surface area contributed by atoms with E-state index in [9.17, 15) is 0 Å². The average Bonchev–Trinajstić information content (AvgIpc) is 2.25. The Balaban J connectivity index is 0.00000225. The van der Waals surface area contributed by atoms with Crippen LogP contribution in [0.2, 0.25) is 0 Å². The molecule has 0 bridgehead atoms. The molecule has 0 N–H and O–H groups in total. The Hall–Kier alpha value is -0.120. The maximum atomic E-state index is 2.61. The summed E-state index contributed by atoms with van der Waals surface area (Å²) in [4.78, 5) is 2.61. The summed E-state index contributed by atoms with van der Waals surface area (Å²) in [5, 5.41) is 4.64. The molecular weight excluding hydrogens is 198 g/mol. The van der Waals surface area contributed by atoms with Gasteiger partial charge in [0, 0.05) is 40.3 Å². The molecule has 1 rings (SSSR count). The molecule has 0 aromatic heterocycles. The highest BCUT2D eigenvalue weighted by Crippen LogP contribution is 2.06. The number of hydrogen-bond donors (Lipinski definition) is 0. The molecule has 16 heavy (non-hydrogen) atoms. The Morgan fingerprint density at radius 3 is 2.06 bits per heavy atom. The van der Waals surface area contributed by atoms with Gasteiger partial charge >= 0.3 is 0 Å². The molecule has 0 aliphatic carbocycles. The van der Waals surface area contributed by atoms with Gasteiger partial charge in [0.1, 0.15) is 0 Å². The molecule has 0 unspecified atom stereocenters. The lowest BCUT2D eigenvalue weighted by molar-refractivity contribution is -0.0189. The van der Waals surface area contributed by atoms with Gasteiger partial charge in [0.25, 0.3) is 0 Å². The van der Waals surface area contributed by atoms with Crippen molar-refractivity contribution < 1.29 is 0 Å². The summed E-state index contributed by atoms with van der Waals surface area (Å²) < 4.78 is 0. The molecule has 1 saturated heterocycles. The molecule has 3 heteroatoms. The van der Waals surface area contributed by atoms with E-state index in [0.29, 0.717) is 0 Å². The molecular formula is C13H31N3. The summed E-state index contributed by atoms with van der Waals surface area (Å²) in [5.41, 5.74) is 0. The SMILES string of the molecule is C.CCCCCCN1CCN(N(C)C)CC1. The topological polar surface area (TPSA) is 9.72 Å². The van der Waals surface area contributed by atoms with Gasteiger partial charge in [-0.1, -0.05) is 33.6 Å². The lowest BCUT2D eigenvalue weighted by Crippen LogP contribution is -2.51. The van der Waals surface area contributed by atoms with E-state index in [-0.39, 0.29) is 7.43 Å². The van der Waals surface area contributed by atoms with Gasteiger partial charge in [0.15, 0.2) is 0 Å². The van der Waals surface area contributed by atoms with Gasteiger partial charge in [-0.3, -0.25) is 0 Å². The van der Waals surface area contributed by atoms with Crippen molar-refractivity contribution in [3.05, 3.63) is 0 Å². The average molecular weight is 229 g/mol. The van der Waals surface area contributed by atoms with Crippen molar-refractivity contribution in [2.24, 2.45) is 0 Å². The van der Waals surface area contributed by atoms with Gasteiger partial charge in [-0.2, -0.15) is 0 Å². The summed E-state index contributed by atoms with van der Waals surface area (Å²) in [5.74, 6) is 0. The van der Waals surface area contributed by atoms with Crippen molar-refractivity contribution in [1.82, 2.24) is 14.9 Å². The fourth-order valence-electron chi connectivity index (χ4n) is 2.12. The van der Waals surface area contributed by atoms with E-state index >= 15 is 0 Å². The minimum absolute atomic E-state index is 0. The quantitative estimate of drug-likeness (QED) is 0.647. The molecule has 98 valence electrons. The predicted octanol–water partition coefficient (Wildman–Crippen LogP) is 2.30. The molecule has 1 heterocycles. The third kappa shape index (κ3) is 5.83. The number of nitrogens with zero attached hydrogens (tertiary/aromatic N) is 3. The van der Waals surface area contributed by atoms with Gasteiger partial charge < -0.3 is 4.90 Å². The lowest BCUT2D eigenvalue weighted by atomic mass is 10.2. The minimum Gasteiger partial charge on any atom is -0.301 e. The van der Waals surface area contributed by atoms with Gasteiger partial charge in [-0.15, -0.1) is 0 Å². The smallest absolute Gasteiger partial charge is 0.0261 e. The third-order valence-electron chi connectivity index (χ3n) is 3.24. The zero-order valence-electron chi connectivity index (χ0n) is 10.7. The van der Waals surface area contributed by atoms with Crippen LogP contribution in [0.1, 0.15) is 40.0 Å². The van der Waals surface area contributed by atoms with E-state index in [0.717, 1.165) is 0 Å². The van der Waals surface area contributed by atoms with Crippen LogP contribution >= 0.6 is 0 Å². The zero-order chi connectivity index (χ0) is 11.1. The largest absolute Gasteiger partial charge is 0.301 e. The summed E-state index contributed by atoms with van der Waals surface area (Å²) in [6.45, 7) is 8.45. The Morgan fingerprint density at radius 1 is 0.938 bits per heavy atom. The highest BCUT2D eigenvalue weighted by molar-refractivity contribution is 4.69. The number of hydrogen-bond acceptors (Lipinski definition) is 3. The molecule has 0 radical (unpaired) electrons. The first kappa shape index (κ1) is 15.9. The van der Waals surface area contributed by atoms with E-state index < -0.39 is 0 Å². The Morgan fingerprint density at radius 2 is 1.56 bits per heavy atom. The lowest BCUT2D eigenvalue weighted by Gasteiger charge is -2.37. The summed E-state index contributed by atoms with van der Waals surface area (Å²) in [6.07, 6.45) is 5.53. The van der Waals surface area contributed by atoms with Crippen LogP contribution in [0.4, 0.5) is 0 Å². The maximum absolute atomic E-state index is 2.61. The number of rotatable bonds is 6. The maximum Gasteiger partial charge on any atom is 0.0261 e. The van der Waals surface area contributed by atoms with E-state index in [1.165, 1.54) is 58.4 Å². The van der Waals surface area contributed by atoms with Gasteiger partial charge in [0.05, 0.1) is 0 Å². The fraction of sp³-hybridized carbons (Fsp3) is 1.00. The first-order valence-corrected chi connectivity index (χ1v) is 6.38.